The Balaban J connectivity index is 1.59. The minimum atomic E-state index is -1.22. The zero-order chi connectivity index (χ0) is 26.5. The van der Waals surface area contributed by atoms with Crippen molar-refractivity contribution < 1.29 is 23.4 Å². The molecule has 0 spiro atoms. The van der Waals surface area contributed by atoms with Crippen molar-refractivity contribution in [2.45, 2.75) is 77.4 Å². The van der Waals surface area contributed by atoms with Gasteiger partial charge in [-0.1, -0.05) is 19.4 Å². The first-order chi connectivity index (χ1) is 17.0. The van der Waals surface area contributed by atoms with Crippen LogP contribution in [0, 0.1) is 11.6 Å². The SMILES string of the molecule is CCCC(NC[C@@H](O)c1ccc(F)cc1F)C(=O)Nc1cn(C(C)(C)CN2C[C@@H](C)O[C@@H](C)C2)cn1. The number of aliphatic hydroxyl groups is 1. The van der Waals surface area contributed by atoms with Crippen LogP contribution < -0.4 is 10.6 Å². The van der Waals surface area contributed by atoms with Crippen molar-refractivity contribution in [3.05, 3.63) is 47.9 Å². The molecular formula is C26H39F2N5O3. The molecule has 3 rings (SSSR count). The lowest BCUT2D eigenvalue weighted by Gasteiger charge is -2.40. The number of morpholine rings is 1. The smallest absolute Gasteiger partial charge is 0.242 e. The fourth-order valence-corrected chi connectivity index (χ4v) is 4.72. The molecule has 0 saturated carbocycles. The molecule has 1 saturated heterocycles. The average Bonchev–Trinajstić information content (AvgIpc) is 3.25. The minimum absolute atomic E-state index is 0.0235. The molecule has 4 atom stereocenters. The topological polar surface area (TPSA) is 91.6 Å². The Hall–Kier alpha value is -2.40. The Kier molecular flexibility index (Phi) is 9.57. The fourth-order valence-electron chi connectivity index (χ4n) is 4.72. The first-order valence-electron chi connectivity index (χ1n) is 12.6. The van der Waals surface area contributed by atoms with Crippen molar-refractivity contribution in [2.24, 2.45) is 0 Å². The predicted molar refractivity (Wildman–Crippen MR) is 135 cm³/mol. The maximum absolute atomic E-state index is 14.0. The summed E-state index contributed by atoms with van der Waals surface area (Å²) >= 11 is 0. The lowest BCUT2D eigenvalue weighted by molar-refractivity contribution is -0.118. The summed E-state index contributed by atoms with van der Waals surface area (Å²) in [6.45, 7) is 12.8. The number of aromatic nitrogens is 2. The molecule has 0 radical (unpaired) electrons. The van der Waals surface area contributed by atoms with Gasteiger partial charge in [-0.05, 0) is 40.2 Å². The summed E-state index contributed by atoms with van der Waals surface area (Å²) in [6.07, 6.45) is 3.92. The molecule has 1 aromatic heterocycles. The molecule has 1 aromatic carbocycles. The Morgan fingerprint density at radius 3 is 2.61 bits per heavy atom. The van der Waals surface area contributed by atoms with E-state index in [9.17, 15) is 18.7 Å². The van der Waals surface area contributed by atoms with Gasteiger partial charge in [0.1, 0.15) is 11.6 Å². The number of ether oxygens (including phenoxy) is 1. The molecule has 10 heteroatoms. The Morgan fingerprint density at radius 2 is 1.97 bits per heavy atom. The van der Waals surface area contributed by atoms with Crippen LogP contribution in [0.15, 0.2) is 30.7 Å². The highest BCUT2D eigenvalue weighted by atomic mass is 19.1. The molecule has 1 amide bonds. The number of hydrogen-bond donors (Lipinski definition) is 3. The molecule has 1 aliphatic rings. The van der Waals surface area contributed by atoms with Gasteiger partial charge in [-0.15, -0.1) is 0 Å². The van der Waals surface area contributed by atoms with Crippen molar-refractivity contribution >= 4 is 11.7 Å². The van der Waals surface area contributed by atoms with E-state index >= 15 is 0 Å². The second-order valence-corrected chi connectivity index (χ2v) is 10.4. The van der Waals surface area contributed by atoms with Crippen LogP contribution in [0.2, 0.25) is 0 Å². The van der Waals surface area contributed by atoms with Gasteiger partial charge in [0.15, 0.2) is 5.82 Å². The Bertz CT molecular complexity index is 1010. The number of rotatable bonds is 11. The molecule has 2 heterocycles. The van der Waals surface area contributed by atoms with Gasteiger partial charge >= 0.3 is 0 Å². The van der Waals surface area contributed by atoms with Gasteiger partial charge < -0.3 is 25.0 Å². The second kappa shape index (κ2) is 12.2. The van der Waals surface area contributed by atoms with E-state index in [1.54, 1.807) is 6.33 Å². The van der Waals surface area contributed by atoms with Crippen LogP contribution in [-0.2, 0) is 15.1 Å². The monoisotopic (exact) mass is 507 g/mol. The number of benzene rings is 1. The summed E-state index contributed by atoms with van der Waals surface area (Å²) in [6, 6.07) is 2.42. The number of anilines is 1. The number of nitrogens with one attached hydrogen (secondary N) is 2. The summed E-state index contributed by atoms with van der Waals surface area (Å²) in [5.41, 5.74) is -0.276. The number of hydrogen-bond acceptors (Lipinski definition) is 6. The van der Waals surface area contributed by atoms with E-state index < -0.39 is 23.8 Å². The molecule has 8 nitrogen and oxygen atoms in total. The molecule has 200 valence electrons. The summed E-state index contributed by atoms with van der Waals surface area (Å²) in [5, 5.41) is 16.2. The van der Waals surface area contributed by atoms with E-state index in [1.807, 2.05) is 17.7 Å². The van der Waals surface area contributed by atoms with Gasteiger partial charge in [-0.25, -0.2) is 13.8 Å². The van der Waals surface area contributed by atoms with E-state index in [0.717, 1.165) is 38.2 Å². The lowest BCUT2D eigenvalue weighted by atomic mass is 10.0. The number of carbonyl (C=O) groups is 1. The summed E-state index contributed by atoms with van der Waals surface area (Å²) in [7, 11) is 0. The molecule has 1 fully saturated rings. The highest BCUT2D eigenvalue weighted by Crippen LogP contribution is 2.22. The second-order valence-electron chi connectivity index (χ2n) is 10.4. The quantitative estimate of drug-likeness (QED) is 0.432. The van der Waals surface area contributed by atoms with E-state index in [4.69, 9.17) is 4.74 Å². The van der Waals surface area contributed by atoms with Gasteiger partial charge in [0.05, 0.1) is 36.2 Å². The van der Waals surface area contributed by atoms with Gasteiger partial charge in [0, 0.05) is 44.0 Å². The first-order valence-corrected chi connectivity index (χ1v) is 12.6. The van der Waals surface area contributed by atoms with Gasteiger partial charge in [-0.2, -0.15) is 0 Å². The highest BCUT2D eigenvalue weighted by molar-refractivity contribution is 5.93. The number of aliphatic hydroxyl groups excluding tert-OH is 1. The zero-order valence-corrected chi connectivity index (χ0v) is 21.8. The van der Waals surface area contributed by atoms with Crippen molar-refractivity contribution in [3.63, 3.8) is 0 Å². The molecule has 36 heavy (non-hydrogen) atoms. The number of imidazole rings is 1. The van der Waals surface area contributed by atoms with Crippen molar-refractivity contribution in [1.82, 2.24) is 19.8 Å². The van der Waals surface area contributed by atoms with Gasteiger partial charge in [0.2, 0.25) is 5.91 Å². The average molecular weight is 508 g/mol. The first kappa shape index (κ1) is 28.2. The summed E-state index contributed by atoms with van der Waals surface area (Å²) < 4.78 is 35.0. The van der Waals surface area contributed by atoms with Gasteiger partial charge in [0.25, 0.3) is 0 Å². The number of nitrogens with zero attached hydrogens (tertiary/aromatic N) is 3. The normalized spacial score (nSPS) is 20.8. The molecular weight excluding hydrogens is 468 g/mol. The molecule has 0 bridgehead atoms. The largest absolute Gasteiger partial charge is 0.387 e. The standard InChI is InChI=1S/C26H39F2N5O3/c1-6-7-22(29-11-23(34)20-9-8-19(27)10-21(20)28)25(35)31-24-14-33(16-30-24)26(4,5)15-32-12-17(2)36-18(3)13-32/h8-10,14,16-18,22-23,29,34H,6-7,11-13,15H2,1-5H3,(H,31,35)/t17-,18+,22?,23-/m1/s1. The van der Waals surface area contributed by atoms with E-state index in [1.165, 1.54) is 6.07 Å². The van der Waals surface area contributed by atoms with Crippen LogP contribution in [0.25, 0.3) is 0 Å². The van der Waals surface area contributed by atoms with E-state index in [2.05, 4.69) is 48.2 Å². The van der Waals surface area contributed by atoms with Crippen LogP contribution in [-0.4, -0.2) is 69.9 Å². The van der Waals surface area contributed by atoms with Crippen molar-refractivity contribution in [2.75, 3.05) is 31.5 Å². The van der Waals surface area contributed by atoms with Crippen molar-refractivity contribution in [1.29, 1.82) is 0 Å². The maximum atomic E-state index is 14.0. The van der Waals surface area contributed by atoms with Crippen LogP contribution in [0.4, 0.5) is 14.6 Å². The third-order valence-corrected chi connectivity index (χ3v) is 6.41. The molecule has 3 N–H and O–H groups in total. The third-order valence-electron chi connectivity index (χ3n) is 6.41. The van der Waals surface area contributed by atoms with E-state index in [0.29, 0.717) is 12.2 Å². The van der Waals surface area contributed by atoms with Crippen LogP contribution in [0.3, 0.4) is 0 Å². The zero-order valence-electron chi connectivity index (χ0n) is 21.8. The molecule has 2 aromatic rings. The van der Waals surface area contributed by atoms with Crippen molar-refractivity contribution in [3.8, 4) is 0 Å². The van der Waals surface area contributed by atoms with Crippen LogP contribution >= 0.6 is 0 Å². The van der Waals surface area contributed by atoms with Gasteiger partial charge in [-0.3, -0.25) is 9.69 Å². The minimum Gasteiger partial charge on any atom is -0.387 e. The molecule has 1 aliphatic heterocycles. The molecule has 1 unspecified atom stereocenters. The van der Waals surface area contributed by atoms with Crippen LogP contribution in [0.1, 0.15) is 59.1 Å². The third kappa shape index (κ3) is 7.55. The fraction of sp³-hybridized carbons (Fsp3) is 0.615. The van der Waals surface area contributed by atoms with E-state index in [-0.39, 0.29) is 35.8 Å². The predicted octanol–water partition coefficient (Wildman–Crippen LogP) is 3.44. The Labute approximate surface area is 212 Å². The Morgan fingerprint density at radius 1 is 1.28 bits per heavy atom. The summed E-state index contributed by atoms with van der Waals surface area (Å²) in [5.74, 6) is -1.39. The number of carbonyl (C=O) groups excluding carboxylic acids is 1. The molecule has 0 aliphatic carbocycles. The maximum Gasteiger partial charge on any atom is 0.242 e. The highest BCUT2D eigenvalue weighted by Gasteiger charge is 2.29. The van der Waals surface area contributed by atoms with Crippen LogP contribution in [0.5, 0.6) is 0 Å². The number of halogens is 2. The lowest BCUT2D eigenvalue weighted by Crippen LogP contribution is -2.50. The summed E-state index contributed by atoms with van der Waals surface area (Å²) in [4.78, 5) is 19.7. The number of amides is 1.